The highest BCUT2D eigenvalue weighted by molar-refractivity contribution is 6.84. The second-order valence-corrected chi connectivity index (χ2v) is 21.1. The lowest BCUT2D eigenvalue weighted by atomic mass is 9.89. The topological polar surface area (TPSA) is 82.1 Å². The normalized spacial score (nSPS) is 23.9. The Hall–Kier alpha value is -1.56. The van der Waals surface area contributed by atoms with Gasteiger partial charge < -0.3 is 13.6 Å². The van der Waals surface area contributed by atoms with Crippen molar-refractivity contribution in [2.45, 2.75) is 97.6 Å². The van der Waals surface area contributed by atoms with E-state index in [2.05, 4.69) is 45.3 Å². The molecule has 0 aromatic rings. The van der Waals surface area contributed by atoms with Crippen LogP contribution in [-0.2, 0) is 28.0 Å². The average Bonchev–Trinajstić information content (AvgIpc) is 3.33. The van der Waals surface area contributed by atoms with Crippen LogP contribution >= 0.6 is 0 Å². The molecule has 0 N–H and O–H groups in total. The quantitative estimate of drug-likeness (QED) is 0.0620. The number of carbonyl (C=O) groups excluding carboxylic acids is 3. The fourth-order valence-corrected chi connectivity index (χ4v) is 15.2. The molecule has 0 spiro atoms. The zero-order chi connectivity index (χ0) is 29.1. The predicted octanol–water partition coefficient (Wildman–Crippen LogP) is 6.33. The number of hydrogen-bond acceptors (Lipinski definition) is 6. The van der Waals surface area contributed by atoms with Gasteiger partial charge in [0.1, 0.15) is 6.61 Å². The van der Waals surface area contributed by atoms with Crippen molar-refractivity contribution in [1.82, 2.24) is 4.90 Å². The molecule has 0 aromatic carbocycles. The molecule has 1 heterocycles. The van der Waals surface area contributed by atoms with Gasteiger partial charge in [0.05, 0.1) is 18.4 Å². The van der Waals surface area contributed by atoms with Crippen molar-refractivity contribution in [3.63, 3.8) is 0 Å². The van der Waals surface area contributed by atoms with E-state index in [-0.39, 0.29) is 61.0 Å². The molecule has 4 unspecified atom stereocenters. The van der Waals surface area contributed by atoms with Gasteiger partial charge in [-0.2, -0.15) is 0 Å². The van der Waals surface area contributed by atoms with Crippen LogP contribution in [-0.4, -0.2) is 65.7 Å². The number of esters is 1. The summed E-state index contributed by atoms with van der Waals surface area (Å²) in [5.74, 6) is -0.892. The van der Waals surface area contributed by atoms with Crippen LogP contribution < -0.4 is 0 Å². The summed E-state index contributed by atoms with van der Waals surface area (Å²) in [7, 11) is -3.28. The number of amides is 2. The van der Waals surface area contributed by atoms with Gasteiger partial charge in [-0.1, -0.05) is 44.1 Å². The molecule has 0 aromatic heterocycles. The molecule has 2 fully saturated rings. The molecule has 1 aliphatic carbocycles. The average molecular weight is 580 g/mol. The summed E-state index contributed by atoms with van der Waals surface area (Å²) >= 11 is 0. The van der Waals surface area contributed by atoms with Gasteiger partial charge in [0.2, 0.25) is 11.8 Å². The minimum Gasteiger partial charge on any atom is -0.463 e. The molecule has 4 atom stereocenters. The molecule has 1 saturated carbocycles. The molecule has 222 valence electrons. The minimum atomic E-state index is -1.70. The van der Waals surface area contributed by atoms with E-state index in [1.165, 1.54) is 23.8 Å². The molecule has 7 nitrogen and oxygen atoms in total. The van der Waals surface area contributed by atoms with E-state index >= 15 is 0 Å². The lowest BCUT2D eigenvalue weighted by Gasteiger charge is -2.34. The SMILES string of the molecule is CC=CC1CC(C=CC)C2C(=O)N(CCCC(=O)OCCOCCC[Si](C)(C)O[Si](C)(C)CCCC)C(=O)C12. The molecule has 2 rings (SSSR count). The number of hydrogen-bond donors (Lipinski definition) is 0. The largest absolute Gasteiger partial charge is 0.463 e. The van der Waals surface area contributed by atoms with Crippen molar-refractivity contribution >= 4 is 34.4 Å². The number of nitrogens with zero attached hydrogens (tertiary/aromatic N) is 1. The number of likely N-dealkylation sites (tertiary alicyclic amines) is 1. The van der Waals surface area contributed by atoms with Gasteiger partial charge in [-0.25, -0.2) is 0 Å². The molecule has 2 aliphatic rings. The molecule has 1 aliphatic heterocycles. The summed E-state index contributed by atoms with van der Waals surface area (Å²) in [6.07, 6.45) is 12.9. The number of ether oxygens (including phenoxy) is 2. The van der Waals surface area contributed by atoms with Gasteiger partial charge in [0.25, 0.3) is 0 Å². The summed E-state index contributed by atoms with van der Waals surface area (Å²) in [5, 5.41) is 0. The number of fused-ring (bicyclic) bond motifs is 1. The van der Waals surface area contributed by atoms with Crippen LogP contribution in [0.4, 0.5) is 0 Å². The van der Waals surface area contributed by atoms with Gasteiger partial charge in [0, 0.05) is 19.6 Å². The van der Waals surface area contributed by atoms with Gasteiger partial charge in [-0.05, 0) is 83.2 Å². The lowest BCUT2D eigenvalue weighted by molar-refractivity contribution is -0.147. The fourth-order valence-electron chi connectivity index (χ4n) is 6.22. The van der Waals surface area contributed by atoms with Crippen LogP contribution in [0.25, 0.3) is 0 Å². The van der Waals surface area contributed by atoms with Gasteiger partial charge in [-0.15, -0.1) is 0 Å². The maximum atomic E-state index is 13.1. The third-order valence-corrected chi connectivity index (χ3v) is 15.4. The van der Waals surface area contributed by atoms with E-state index in [1.807, 2.05) is 26.0 Å². The first-order valence-corrected chi connectivity index (χ1v) is 21.2. The van der Waals surface area contributed by atoms with Crippen LogP contribution in [0.1, 0.15) is 59.3 Å². The fraction of sp³-hybridized carbons (Fsp3) is 0.767. The van der Waals surface area contributed by atoms with Crippen LogP contribution in [0.2, 0.25) is 38.3 Å². The van der Waals surface area contributed by atoms with Crippen molar-refractivity contribution < 1.29 is 28.0 Å². The molecular formula is C30H53NO6Si2. The number of rotatable bonds is 18. The van der Waals surface area contributed by atoms with E-state index in [0.717, 1.165) is 18.9 Å². The summed E-state index contributed by atoms with van der Waals surface area (Å²) in [6, 6.07) is 2.29. The Morgan fingerprint density at radius 2 is 1.44 bits per heavy atom. The highest BCUT2D eigenvalue weighted by atomic mass is 28.4. The first-order valence-electron chi connectivity index (χ1n) is 15.0. The lowest BCUT2D eigenvalue weighted by Crippen LogP contribution is -2.44. The molecule has 1 saturated heterocycles. The Bertz CT molecular complexity index is 836. The van der Waals surface area contributed by atoms with Crippen molar-refractivity contribution in [1.29, 1.82) is 0 Å². The Kier molecular flexibility index (Phi) is 13.8. The molecule has 9 heteroatoms. The minimum absolute atomic E-state index is 0.0908. The van der Waals surface area contributed by atoms with E-state index in [4.69, 9.17) is 13.6 Å². The van der Waals surface area contributed by atoms with Crippen LogP contribution in [0.5, 0.6) is 0 Å². The van der Waals surface area contributed by atoms with Crippen LogP contribution in [0.15, 0.2) is 24.3 Å². The Morgan fingerprint density at radius 3 is 1.97 bits per heavy atom. The molecule has 0 bridgehead atoms. The molecule has 39 heavy (non-hydrogen) atoms. The molecular weight excluding hydrogens is 527 g/mol. The summed E-state index contributed by atoms with van der Waals surface area (Å²) in [6.45, 7) is 16.9. The van der Waals surface area contributed by atoms with Crippen molar-refractivity contribution in [3.8, 4) is 0 Å². The van der Waals surface area contributed by atoms with Crippen molar-refractivity contribution in [3.05, 3.63) is 24.3 Å². The molecule has 0 radical (unpaired) electrons. The standard InChI is InChI=1S/C30H53NO6Si2/c1-8-11-21-38(4,5)37-39(6,7)22-13-18-35-19-20-36-26(32)16-12-17-31-29(33)27-24(14-9-2)23-25(15-10-3)28(27)30(31)34/h9-10,14-15,24-25,27-28H,8,11-13,16-23H2,1-7H3. The maximum Gasteiger partial charge on any atom is 0.305 e. The zero-order valence-electron chi connectivity index (χ0n) is 25.5. The number of imide groups is 1. The number of allylic oxidation sites excluding steroid dienone is 4. The second kappa shape index (κ2) is 16.0. The second-order valence-electron chi connectivity index (χ2n) is 12.3. The smallest absolute Gasteiger partial charge is 0.305 e. The summed E-state index contributed by atoms with van der Waals surface area (Å²) < 4.78 is 17.6. The molecule has 2 amide bonds. The summed E-state index contributed by atoms with van der Waals surface area (Å²) in [5.41, 5.74) is 0. The van der Waals surface area contributed by atoms with E-state index < -0.39 is 16.6 Å². The predicted molar refractivity (Wildman–Crippen MR) is 161 cm³/mol. The highest BCUT2D eigenvalue weighted by Crippen LogP contribution is 2.48. The van der Waals surface area contributed by atoms with Crippen LogP contribution in [0, 0.1) is 23.7 Å². The highest BCUT2D eigenvalue weighted by Gasteiger charge is 2.56. The van der Waals surface area contributed by atoms with Gasteiger partial charge in [0.15, 0.2) is 16.6 Å². The number of carbonyl (C=O) groups is 3. The van der Waals surface area contributed by atoms with Gasteiger partial charge in [-0.3, -0.25) is 19.3 Å². The van der Waals surface area contributed by atoms with Gasteiger partial charge >= 0.3 is 5.97 Å². The maximum absolute atomic E-state index is 13.1. The summed E-state index contributed by atoms with van der Waals surface area (Å²) in [4.78, 5) is 39.7. The Morgan fingerprint density at radius 1 is 0.872 bits per heavy atom. The van der Waals surface area contributed by atoms with Crippen LogP contribution in [0.3, 0.4) is 0 Å². The number of unbranched alkanes of at least 4 members (excludes halogenated alkanes) is 1. The first-order chi connectivity index (χ1) is 18.5. The Labute approximate surface area is 239 Å². The third kappa shape index (κ3) is 10.4. The zero-order valence-corrected chi connectivity index (χ0v) is 27.5. The van der Waals surface area contributed by atoms with Crippen molar-refractivity contribution in [2.24, 2.45) is 23.7 Å². The monoisotopic (exact) mass is 579 g/mol. The van der Waals surface area contributed by atoms with E-state index in [0.29, 0.717) is 19.6 Å². The van der Waals surface area contributed by atoms with Crippen molar-refractivity contribution in [2.75, 3.05) is 26.4 Å². The Balaban J connectivity index is 1.63. The first kappa shape index (κ1) is 33.6. The van der Waals surface area contributed by atoms with E-state index in [9.17, 15) is 14.4 Å². The van der Waals surface area contributed by atoms with E-state index in [1.54, 1.807) is 0 Å². The third-order valence-electron chi connectivity index (χ3n) is 7.84.